The Kier molecular flexibility index (Phi) is 5.43. The number of rotatable bonds is 7. The average molecular weight is 352 g/mol. The standard InChI is InChI=1S/C18H20N6O2/c1-24-11-8-14(23-24)17(25)19-9-5-10-20-18(26)16-12-15(21-22-16)13-6-3-2-4-7-13/h2-4,6-8,11-12H,5,9-10H2,1H3,(H,19,25)(H,20,26)(H,21,22). The Morgan fingerprint density at radius 1 is 1.08 bits per heavy atom. The van der Waals surface area contributed by atoms with Gasteiger partial charge in [0.1, 0.15) is 11.4 Å². The highest BCUT2D eigenvalue weighted by molar-refractivity contribution is 5.93. The quantitative estimate of drug-likeness (QED) is 0.558. The first-order chi connectivity index (χ1) is 12.6. The van der Waals surface area contributed by atoms with E-state index in [0.717, 1.165) is 11.3 Å². The Hall–Kier alpha value is -3.42. The van der Waals surface area contributed by atoms with Gasteiger partial charge in [0.05, 0.1) is 5.69 Å². The number of nitrogens with one attached hydrogen (secondary N) is 3. The second-order valence-electron chi connectivity index (χ2n) is 5.77. The first-order valence-corrected chi connectivity index (χ1v) is 8.30. The molecule has 0 radical (unpaired) electrons. The topological polar surface area (TPSA) is 105 Å². The molecule has 2 amide bonds. The number of carbonyl (C=O) groups excluding carboxylic acids is 2. The molecule has 0 aliphatic rings. The Morgan fingerprint density at radius 2 is 1.81 bits per heavy atom. The molecule has 134 valence electrons. The lowest BCUT2D eigenvalue weighted by Gasteiger charge is -2.05. The first kappa shape index (κ1) is 17.4. The van der Waals surface area contributed by atoms with Gasteiger partial charge in [-0.3, -0.25) is 19.4 Å². The van der Waals surface area contributed by atoms with Crippen molar-refractivity contribution < 1.29 is 9.59 Å². The molecule has 3 aromatic rings. The lowest BCUT2D eigenvalue weighted by atomic mass is 10.1. The molecule has 0 unspecified atom stereocenters. The molecular formula is C18H20N6O2. The summed E-state index contributed by atoms with van der Waals surface area (Å²) >= 11 is 0. The van der Waals surface area contributed by atoms with Crippen LogP contribution >= 0.6 is 0 Å². The van der Waals surface area contributed by atoms with Gasteiger partial charge >= 0.3 is 0 Å². The van der Waals surface area contributed by atoms with Crippen molar-refractivity contribution in [3.05, 3.63) is 60.0 Å². The minimum atomic E-state index is -0.226. The highest BCUT2D eigenvalue weighted by atomic mass is 16.2. The van der Waals surface area contributed by atoms with Gasteiger partial charge in [-0.1, -0.05) is 30.3 Å². The summed E-state index contributed by atoms with van der Waals surface area (Å²) in [7, 11) is 1.75. The van der Waals surface area contributed by atoms with Gasteiger partial charge in [0.15, 0.2) is 0 Å². The van der Waals surface area contributed by atoms with Crippen LogP contribution in [0.1, 0.15) is 27.4 Å². The number of benzene rings is 1. The average Bonchev–Trinajstić information content (AvgIpc) is 3.31. The van der Waals surface area contributed by atoms with Crippen molar-refractivity contribution in [2.24, 2.45) is 7.05 Å². The summed E-state index contributed by atoms with van der Waals surface area (Å²) in [5, 5.41) is 16.5. The van der Waals surface area contributed by atoms with E-state index in [1.54, 1.807) is 30.1 Å². The molecule has 0 atom stereocenters. The molecular weight excluding hydrogens is 332 g/mol. The molecule has 26 heavy (non-hydrogen) atoms. The summed E-state index contributed by atoms with van der Waals surface area (Å²) in [5.74, 6) is -0.450. The van der Waals surface area contributed by atoms with Crippen LogP contribution in [0.4, 0.5) is 0 Å². The summed E-state index contributed by atoms with van der Waals surface area (Å²) in [6, 6.07) is 13.0. The molecule has 8 heteroatoms. The van der Waals surface area contributed by atoms with Crippen molar-refractivity contribution in [3.63, 3.8) is 0 Å². The van der Waals surface area contributed by atoms with Gasteiger partial charge < -0.3 is 10.6 Å². The number of nitrogens with zero attached hydrogens (tertiary/aromatic N) is 3. The maximum atomic E-state index is 12.1. The fourth-order valence-corrected chi connectivity index (χ4v) is 2.41. The molecule has 0 fully saturated rings. The monoisotopic (exact) mass is 352 g/mol. The maximum Gasteiger partial charge on any atom is 0.271 e. The van der Waals surface area contributed by atoms with E-state index in [-0.39, 0.29) is 11.8 Å². The fourth-order valence-electron chi connectivity index (χ4n) is 2.41. The van der Waals surface area contributed by atoms with Crippen molar-refractivity contribution >= 4 is 11.8 Å². The van der Waals surface area contributed by atoms with Gasteiger partial charge in [-0.15, -0.1) is 0 Å². The number of aromatic amines is 1. The van der Waals surface area contributed by atoms with Crippen molar-refractivity contribution in [1.82, 2.24) is 30.6 Å². The highest BCUT2D eigenvalue weighted by Gasteiger charge is 2.11. The molecule has 0 saturated heterocycles. The van der Waals surface area contributed by atoms with Gasteiger partial charge in [-0.25, -0.2) is 0 Å². The second-order valence-corrected chi connectivity index (χ2v) is 5.77. The van der Waals surface area contributed by atoms with E-state index in [0.29, 0.717) is 30.9 Å². The highest BCUT2D eigenvalue weighted by Crippen LogP contribution is 2.16. The van der Waals surface area contributed by atoms with Crippen LogP contribution in [0.15, 0.2) is 48.7 Å². The van der Waals surface area contributed by atoms with Crippen molar-refractivity contribution in [2.45, 2.75) is 6.42 Å². The second kappa shape index (κ2) is 8.11. The number of aromatic nitrogens is 4. The van der Waals surface area contributed by atoms with Gasteiger partial charge in [0.25, 0.3) is 11.8 Å². The number of aryl methyl sites for hydroxylation is 1. The van der Waals surface area contributed by atoms with Crippen molar-refractivity contribution in [3.8, 4) is 11.3 Å². The molecule has 0 aliphatic carbocycles. The van der Waals surface area contributed by atoms with Crippen LogP contribution in [0.3, 0.4) is 0 Å². The number of hydrogen-bond donors (Lipinski definition) is 3. The smallest absolute Gasteiger partial charge is 0.271 e. The Labute approximate surface area is 150 Å². The lowest BCUT2D eigenvalue weighted by molar-refractivity contribution is 0.0946. The van der Waals surface area contributed by atoms with Crippen molar-refractivity contribution in [2.75, 3.05) is 13.1 Å². The number of carbonyl (C=O) groups is 2. The van der Waals surface area contributed by atoms with E-state index >= 15 is 0 Å². The summed E-state index contributed by atoms with van der Waals surface area (Å²) in [6.45, 7) is 0.898. The first-order valence-electron chi connectivity index (χ1n) is 8.30. The zero-order valence-corrected chi connectivity index (χ0v) is 14.4. The van der Waals surface area contributed by atoms with Gasteiger partial charge in [0, 0.05) is 31.9 Å². The molecule has 0 bridgehead atoms. The van der Waals surface area contributed by atoms with Crippen LogP contribution < -0.4 is 10.6 Å². The van der Waals surface area contributed by atoms with Crippen LogP contribution in [0.25, 0.3) is 11.3 Å². The minimum absolute atomic E-state index is 0.224. The van der Waals surface area contributed by atoms with Crippen LogP contribution in [-0.2, 0) is 7.05 Å². The Morgan fingerprint density at radius 3 is 2.50 bits per heavy atom. The van der Waals surface area contributed by atoms with Gasteiger partial charge in [-0.2, -0.15) is 10.2 Å². The Bertz CT molecular complexity index is 884. The van der Waals surface area contributed by atoms with Gasteiger partial charge in [0.2, 0.25) is 0 Å². The van der Waals surface area contributed by atoms with E-state index in [2.05, 4.69) is 25.9 Å². The number of amides is 2. The van der Waals surface area contributed by atoms with E-state index in [9.17, 15) is 9.59 Å². The number of hydrogen-bond acceptors (Lipinski definition) is 4. The van der Waals surface area contributed by atoms with Crippen LogP contribution in [0.5, 0.6) is 0 Å². The molecule has 3 N–H and O–H groups in total. The molecule has 8 nitrogen and oxygen atoms in total. The third kappa shape index (κ3) is 4.35. The molecule has 0 aliphatic heterocycles. The van der Waals surface area contributed by atoms with Crippen LogP contribution in [-0.4, -0.2) is 44.9 Å². The summed E-state index contributed by atoms with van der Waals surface area (Å²) in [4.78, 5) is 24.0. The maximum absolute atomic E-state index is 12.1. The van der Waals surface area contributed by atoms with Gasteiger partial charge in [-0.05, 0) is 18.6 Å². The summed E-state index contributed by atoms with van der Waals surface area (Å²) in [5.41, 5.74) is 2.45. The lowest BCUT2D eigenvalue weighted by Crippen LogP contribution is -2.30. The Balaban J connectivity index is 1.40. The molecule has 2 aromatic heterocycles. The van der Waals surface area contributed by atoms with E-state index < -0.39 is 0 Å². The summed E-state index contributed by atoms with van der Waals surface area (Å²) < 4.78 is 1.57. The third-order valence-electron chi connectivity index (χ3n) is 3.76. The largest absolute Gasteiger partial charge is 0.351 e. The molecule has 2 heterocycles. The zero-order valence-electron chi connectivity index (χ0n) is 14.4. The normalized spacial score (nSPS) is 10.5. The van der Waals surface area contributed by atoms with Crippen LogP contribution in [0, 0.1) is 0 Å². The number of H-pyrrole nitrogens is 1. The SMILES string of the molecule is Cn1ccc(C(=O)NCCCNC(=O)c2cc(-c3ccccc3)n[nH]2)n1. The van der Waals surface area contributed by atoms with Crippen molar-refractivity contribution in [1.29, 1.82) is 0 Å². The summed E-state index contributed by atoms with van der Waals surface area (Å²) in [6.07, 6.45) is 2.33. The molecule has 1 aromatic carbocycles. The zero-order chi connectivity index (χ0) is 18.4. The van der Waals surface area contributed by atoms with E-state index in [1.807, 2.05) is 30.3 Å². The molecule has 0 saturated carbocycles. The molecule has 3 rings (SSSR count). The van der Waals surface area contributed by atoms with E-state index in [1.165, 1.54) is 0 Å². The predicted molar refractivity (Wildman–Crippen MR) is 96.5 cm³/mol. The predicted octanol–water partition coefficient (Wildman–Crippen LogP) is 1.36. The minimum Gasteiger partial charge on any atom is -0.351 e. The fraction of sp³-hybridized carbons (Fsp3) is 0.222. The molecule has 0 spiro atoms. The third-order valence-corrected chi connectivity index (χ3v) is 3.76. The van der Waals surface area contributed by atoms with Crippen LogP contribution in [0.2, 0.25) is 0 Å². The van der Waals surface area contributed by atoms with E-state index in [4.69, 9.17) is 0 Å².